The number of hydrogen-bond donors (Lipinski definition) is 1. The Morgan fingerprint density at radius 3 is 1.62 bits per heavy atom. The quantitative estimate of drug-likeness (QED) is 0.623. The molecule has 0 aliphatic heterocycles. The molecule has 0 heterocycles. The van der Waals surface area contributed by atoms with Crippen LogP contribution in [0.25, 0.3) is 0 Å². The van der Waals surface area contributed by atoms with Crippen LogP contribution in [-0.2, 0) is 4.76 Å². The van der Waals surface area contributed by atoms with Crippen molar-refractivity contribution in [1.82, 2.24) is 0 Å². The van der Waals surface area contributed by atoms with Crippen molar-refractivity contribution in [3.05, 3.63) is 60.7 Å². The van der Waals surface area contributed by atoms with Crippen LogP contribution in [0.2, 0.25) is 0 Å². The summed E-state index contributed by atoms with van der Waals surface area (Å²) in [6.45, 7) is 0. The van der Waals surface area contributed by atoms with Gasteiger partial charge in [-0.2, -0.15) is 0 Å². The van der Waals surface area contributed by atoms with Gasteiger partial charge in [-0.15, -0.1) is 0 Å². The van der Waals surface area contributed by atoms with Crippen LogP contribution in [0.4, 0.5) is 11.4 Å². The number of nitrogens with zero attached hydrogens (tertiary/aromatic N) is 1. The van der Waals surface area contributed by atoms with Crippen LogP contribution >= 0.6 is 0 Å². The van der Waals surface area contributed by atoms with Crippen molar-refractivity contribution in [2.75, 3.05) is 5.06 Å². The number of hydrogen-bond acceptors (Lipinski definition) is 3. The Hall–Kier alpha value is -1.78. The van der Waals surface area contributed by atoms with Crippen LogP contribution in [-0.4, -0.2) is 12.7 Å². The summed E-state index contributed by atoms with van der Waals surface area (Å²) in [5, 5.41) is 10.3. The zero-order valence-electron chi connectivity index (χ0n) is 8.65. The van der Waals surface area contributed by atoms with E-state index in [9.17, 15) is 0 Å². The largest absolute Gasteiger partial charge is 0.511 e. The lowest BCUT2D eigenvalue weighted by Gasteiger charge is -2.22. The summed E-state index contributed by atoms with van der Waals surface area (Å²) in [5.41, 5.74) is 1.69. The van der Waals surface area contributed by atoms with Crippen molar-refractivity contribution in [3.8, 4) is 0 Å². The minimum absolute atomic E-state index is 0.667. The third-order valence-electron chi connectivity index (χ3n) is 2.13. The van der Waals surface area contributed by atoms with Crippen molar-refractivity contribution in [3.63, 3.8) is 0 Å². The third-order valence-corrected chi connectivity index (χ3v) is 2.13. The second kappa shape index (κ2) is 5.35. The molecule has 0 saturated heterocycles. The number of para-hydroxylation sites is 2. The van der Waals surface area contributed by atoms with Gasteiger partial charge >= 0.3 is 7.69 Å². The maximum absolute atomic E-state index is 8.77. The molecule has 4 heteroatoms. The van der Waals surface area contributed by atoms with E-state index in [1.165, 1.54) is 0 Å². The van der Waals surface area contributed by atoms with Gasteiger partial charge in [-0.05, 0) is 24.3 Å². The number of benzene rings is 2. The minimum atomic E-state index is 0.667. The monoisotopic (exact) mass is 212 g/mol. The molecule has 1 radical (unpaired) electrons. The Morgan fingerprint density at radius 1 is 0.812 bits per heavy atom. The van der Waals surface area contributed by atoms with Crippen molar-refractivity contribution in [2.45, 2.75) is 0 Å². The molecule has 0 aliphatic carbocycles. The van der Waals surface area contributed by atoms with Gasteiger partial charge in [0.2, 0.25) is 0 Å². The molecule has 16 heavy (non-hydrogen) atoms. The van der Waals surface area contributed by atoms with Gasteiger partial charge in [0.15, 0.2) is 0 Å². The SMILES string of the molecule is O[B]ON(c1ccccc1)c1ccccc1. The van der Waals surface area contributed by atoms with Crippen molar-refractivity contribution in [1.29, 1.82) is 0 Å². The molecule has 0 aromatic heterocycles. The first-order valence-electron chi connectivity index (χ1n) is 4.95. The fraction of sp³-hybridized carbons (Fsp3) is 0. The topological polar surface area (TPSA) is 32.7 Å². The van der Waals surface area contributed by atoms with Gasteiger partial charge in [0.05, 0.1) is 11.4 Å². The van der Waals surface area contributed by atoms with Gasteiger partial charge in [0.1, 0.15) is 0 Å². The van der Waals surface area contributed by atoms with Gasteiger partial charge in [0, 0.05) is 0 Å². The van der Waals surface area contributed by atoms with E-state index in [1.807, 2.05) is 60.7 Å². The maximum atomic E-state index is 8.77. The van der Waals surface area contributed by atoms with Crippen LogP contribution in [0.1, 0.15) is 0 Å². The standard InChI is InChI=1S/C12H11BNO2/c15-13-16-14(11-7-3-1-4-8-11)12-9-5-2-6-10-12/h1-10,15H. The van der Waals surface area contributed by atoms with Crippen molar-refractivity contribution in [2.24, 2.45) is 0 Å². The van der Waals surface area contributed by atoms with E-state index >= 15 is 0 Å². The van der Waals surface area contributed by atoms with E-state index in [2.05, 4.69) is 0 Å². The third kappa shape index (κ3) is 2.42. The maximum Gasteiger partial charge on any atom is 0.511 e. The molecule has 0 amide bonds. The molecule has 0 bridgehead atoms. The molecule has 0 atom stereocenters. The van der Waals surface area contributed by atoms with Crippen LogP contribution in [0, 0.1) is 0 Å². The summed E-state index contributed by atoms with van der Waals surface area (Å²) < 4.78 is 5.08. The normalized spacial score (nSPS) is 9.81. The number of rotatable bonds is 4. The lowest BCUT2D eigenvalue weighted by molar-refractivity contribution is 0.289. The second-order valence-corrected chi connectivity index (χ2v) is 3.18. The molecular weight excluding hydrogens is 201 g/mol. The van der Waals surface area contributed by atoms with Gasteiger partial charge in [-0.25, -0.2) is 5.06 Å². The van der Waals surface area contributed by atoms with E-state index in [1.54, 1.807) is 5.06 Å². The summed E-state index contributed by atoms with van der Waals surface area (Å²) in [7, 11) is 0.667. The van der Waals surface area contributed by atoms with Crippen LogP contribution in [0.3, 0.4) is 0 Å². The minimum Gasteiger partial charge on any atom is -0.428 e. The molecule has 0 fully saturated rings. The first kappa shape index (κ1) is 10.7. The number of anilines is 2. The Morgan fingerprint density at radius 2 is 1.25 bits per heavy atom. The summed E-state index contributed by atoms with van der Waals surface area (Å²) in [6.07, 6.45) is 0. The summed E-state index contributed by atoms with van der Waals surface area (Å²) in [6, 6.07) is 19.1. The first-order chi connectivity index (χ1) is 7.92. The van der Waals surface area contributed by atoms with Gasteiger partial charge in [-0.3, -0.25) is 4.76 Å². The molecule has 0 saturated carbocycles. The lowest BCUT2D eigenvalue weighted by atomic mass is 10.2. The van der Waals surface area contributed by atoms with Gasteiger partial charge < -0.3 is 5.02 Å². The molecule has 2 aromatic carbocycles. The highest BCUT2D eigenvalue weighted by molar-refractivity contribution is 6.16. The van der Waals surface area contributed by atoms with Gasteiger partial charge in [0.25, 0.3) is 0 Å². The second-order valence-electron chi connectivity index (χ2n) is 3.18. The highest BCUT2D eigenvalue weighted by Gasteiger charge is 2.08. The zero-order chi connectivity index (χ0) is 11.2. The average molecular weight is 212 g/mol. The molecular formula is C12H11BNO2. The highest BCUT2D eigenvalue weighted by atomic mass is 16.7. The molecule has 0 unspecified atom stereocenters. The smallest absolute Gasteiger partial charge is 0.428 e. The Labute approximate surface area is 95.2 Å². The Kier molecular flexibility index (Phi) is 3.59. The average Bonchev–Trinajstić information content (AvgIpc) is 2.38. The molecule has 0 aliphatic rings. The molecule has 79 valence electrons. The van der Waals surface area contributed by atoms with Gasteiger partial charge in [-0.1, -0.05) is 36.4 Å². The van der Waals surface area contributed by atoms with Crippen LogP contribution in [0.15, 0.2) is 60.7 Å². The fourth-order valence-corrected chi connectivity index (χ4v) is 1.44. The molecule has 2 rings (SSSR count). The fourth-order valence-electron chi connectivity index (χ4n) is 1.44. The highest BCUT2D eigenvalue weighted by Crippen LogP contribution is 2.24. The van der Waals surface area contributed by atoms with E-state index in [-0.39, 0.29) is 0 Å². The molecule has 0 spiro atoms. The van der Waals surface area contributed by atoms with E-state index in [4.69, 9.17) is 9.78 Å². The van der Waals surface area contributed by atoms with E-state index < -0.39 is 0 Å². The van der Waals surface area contributed by atoms with E-state index in [0.717, 1.165) is 11.4 Å². The molecule has 2 aromatic rings. The van der Waals surface area contributed by atoms with Crippen molar-refractivity contribution < 1.29 is 9.78 Å². The Balaban J connectivity index is 2.31. The van der Waals surface area contributed by atoms with Crippen LogP contribution in [0.5, 0.6) is 0 Å². The lowest BCUT2D eigenvalue weighted by Crippen LogP contribution is -2.19. The summed E-state index contributed by atoms with van der Waals surface area (Å²) >= 11 is 0. The van der Waals surface area contributed by atoms with Crippen molar-refractivity contribution >= 4 is 19.1 Å². The first-order valence-corrected chi connectivity index (χ1v) is 4.95. The summed E-state index contributed by atoms with van der Waals surface area (Å²) in [4.78, 5) is 0. The predicted molar refractivity (Wildman–Crippen MR) is 64.1 cm³/mol. The predicted octanol–water partition coefficient (Wildman–Crippen LogP) is 2.28. The van der Waals surface area contributed by atoms with Crippen LogP contribution < -0.4 is 5.06 Å². The molecule has 1 N–H and O–H groups in total. The van der Waals surface area contributed by atoms with E-state index in [0.29, 0.717) is 7.69 Å². The summed E-state index contributed by atoms with van der Waals surface area (Å²) in [5.74, 6) is 0. The zero-order valence-corrected chi connectivity index (χ0v) is 8.65. The Bertz CT molecular complexity index is 382. The molecule has 3 nitrogen and oxygen atoms in total.